The number of carbonyl (C=O) groups is 2. The Morgan fingerprint density at radius 2 is 1.63 bits per heavy atom. The number of methoxy groups -OCH3 is 2. The number of hydrogen-bond donors (Lipinski definition) is 1. The van der Waals surface area contributed by atoms with Crippen molar-refractivity contribution < 1.29 is 23.8 Å². The lowest BCUT2D eigenvalue weighted by atomic mass is 10.0. The van der Waals surface area contributed by atoms with Crippen LogP contribution in [0.1, 0.15) is 41.7 Å². The third-order valence-corrected chi connectivity index (χ3v) is 4.04. The van der Waals surface area contributed by atoms with Gasteiger partial charge >= 0.3 is 5.97 Å². The van der Waals surface area contributed by atoms with Crippen LogP contribution in [0.3, 0.4) is 0 Å². The Bertz CT molecular complexity index is 738. The van der Waals surface area contributed by atoms with E-state index in [1.54, 1.807) is 6.07 Å². The van der Waals surface area contributed by atoms with Crippen LogP contribution in [0.25, 0.3) is 0 Å². The maximum atomic E-state index is 12.3. The Balaban J connectivity index is 1.97. The second kappa shape index (κ2) is 10.2. The Morgan fingerprint density at radius 1 is 1.00 bits per heavy atom. The number of esters is 1. The average molecular weight is 371 g/mol. The lowest BCUT2D eigenvalue weighted by Crippen LogP contribution is -2.32. The third kappa shape index (κ3) is 6.02. The van der Waals surface area contributed by atoms with Gasteiger partial charge in [0.25, 0.3) is 5.91 Å². The largest absolute Gasteiger partial charge is 0.497 e. The smallest absolute Gasteiger partial charge is 0.338 e. The van der Waals surface area contributed by atoms with Gasteiger partial charge in [-0.2, -0.15) is 0 Å². The molecule has 0 unspecified atom stereocenters. The summed E-state index contributed by atoms with van der Waals surface area (Å²) in [5, 5.41) is 2.92. The van der Waals surface area contributed by atoms with Gasteiger partial charge in [-0.15, -0.1) is 0 Å². The van der Waals surface area contributed by atoms with Gasteiger partial charge in [-0.05, 0) is 24.1 Å². The van der Waals surface area contributed by atoms with Crippen LogP contribution >= 0.6 is 0 Å². The van der Waals surface area contributed by atoms with Crippen LogP contribution in [0.2, 0.25) is 0 Å². The summed E-state index contributed by atoms with van der Waals surface area (Å²) in [6, 6.07) is 14.3. The van der Waals surface area contributed by atoms with E-state index in [4.69, 9.17) is 14.2 Å². The van der Waals surface area contributed by atoms with E-state index < -0.39 is 5.97 Å². The minimum Gasteiger partial charge on any atom is -0.497 e. The lowest BCUT2D eigenvalue weighted by molar-refractivity contribution is -0.125. The van der Waals surface area contributed by atoms with E-state index in [-0.39, 0.29) is 24.1 Å². The highest BCUT2D eigenvalue weighted by molar-refractivity contribution is 5.92. The Labute approximate surface area is 159 Å². The molecule has 0 saturated carbocycles. The van der Waals surface area contributed by atoms with Gasteiger partial charge in [0.2, 0.25) is 0 Å². The van der Waals surface area contributed by atoms with Crippen LogP contribution in [0, 0.1) is 0 Å². The molecule has 0 aliphatic carbocycles. The Hall–Kier alpha value is -3.02. The number of carbonyl (C=O) groups excluding carboxylic acids is 2. The molecule has 0 aliphatic rings. The monoisotopic (exact) mass is 371 g/mol. The maximum absolute atomic E-state index is 12.3. The fraction of sp³-hybridized carbons (Fsp3) is 0.333. The standard InChI is InChI=1S/C21H25NO5/c1-4-8-19(15-9-6-5-7-10-15)22-20(23)14-27-21(24)16-11-17(25-2)13-18(12-16)26-3/h5-7,9-13,19H,4,8,14H2,1-3H3,(H,22,23)/t19-/m0/s1. The summed E-state index contributed by atoms with van der Waals surface area (Å²) in [5.74, 6) is -0.0229. The van der Waals surface area contributed by atoms with Crippen LogP contribution in [0.15, 0.2) is 48.5 Å². The minimum atomic E-state index is -0.617. The van der Waals surface area contributed by atoms with Crippen molar-refractivity contribution in [3.63, 3.8) is 0 Å². The topological polar surface area (TPSA) is 73.9 Å². The molecule has 1 N–H and O–H groups in total. The highest BCUT2D eigenvalue weighted by Gasteiger charge is 2.16. The van der Waals surface area contributed by atoms with Crippen LogP contribution in [-0.2, 0) is 9.53 Å². The number of ether oxygens (including phenoxy) is 3. The van der Waals surface area contributed by atoms with E-state index in [9.17, 15) is 9.59 Å². The van der Waals surface area contributed by atoms with Gasteiger partial charge in [0, 0.05) is 6.07 Å². The molecule has 0 spiro atoms. The molecule has 0 aliphatic heterocycles. The summed E-state index contributed by atoms with van der Waals surface area (Å²) in [5.41, 5.74) is 1.28. The molecule has 6 nitrogen and oxygen atoms in total. The second-order valence-corrected chi connectivity index (χ2v) is 6.00. The molecular formula is C21H25NO5. The summed E-state index contributed by atoms with van der Waals surface area (Å²) in [6.45, 7) is 1.70. The van der Waals surface area contributed by atoms with Crippen LogP contribution in [-0.4, -0.2) is 32.7 Å². The lowest BCUT2D eigenvalue weighted by Gasteiger charge is -2.18. The van der Waals surface area contributed by atoms with E-state index in [1.807, 2.05) is 30.3 Å². The van der Waals surface area contributed by atoms with Crippen molar-refractivity contribution in [3.05, 3.63) is 59.7 Å². The molecule has 0 bridgehead atoms. The van der Waals surface area contributed by atoms with Gasteiger partial charge in [0.05, 0.1) is 25.8 Å². The van der Waals surface area contributed by atoms with E-state index in [2.05, 4.69) is 12.2 Å². The zero-order valence-corrected chi connectivity index (χ0v) is 15.9. The SMILES string of the molecule is CCC[C@H](NC(=O)COC(=O)c1cc(OC)cc(OC)c1)c1ccccc1. The van der Waals surface area contributed by atoms with Crippen molar-refractivity contribution in [2.24, 2.45) is 0 Å². The van der Waals surface area contributed by atoms with Crippen molar-refractivity contribution in [3.8, 4) is 11.5 Å². The van der Waals surface area contributed by atoms with Crippen LogP contribution < -0.4 is 14.8 Å². The van der Waals surface area contributed by atoms with Crippen molar-refractivity contribution in [2.45, 2.75) is 25.8 Å². The quantitative estimate of drug-likeness (QED) is 0.683. The van der Waals surface area contributed by atoms with Gasteiger partial charge in [0.15, 0.2) is 6.61 Å². The van der Waals surface area contributed by atoms with Gasteiger partial charge in [0.1, 0.15) is 11.5 Å². The highest BCUT2D eigenvalue weighted by Crippen LogP contribution is 2.23. The molecular weight excluding hydrogens is 346 g/mol. The molecule has 0 fully saturated rings. The van der Waals surface area contributed by atoms with E-state index in [0.29, 0.717) is 11.5 Å². The summed E-state index contributed by atoms with van der Waals surface area (Å²) >= 11 is 0. The Kier molecular flexibility index (Phi) is 7.67. The molecule has 0 radical (unpaired) electrons. The normalized spacial score (nSPS) is 11.4. The van der Waals surface area contributed by atoms with Gasteiger partial charge in [-0.3, -0.25) is 4.79 Å². The van der Waals surface area contributed by atoms with Gasteiger partial charge < -0.3 is 19.5 Å². The molecule has 2 aromatic carbocycles. The van der Waals surface area contributed by atoms with Crippen molar-refractivity contribution in [2.75, 3.05) is 20.8 Å². The molecule has 0 aromatic heterocycles. The third-order valence-electron chi connectivity index (χ3n) is 4.04. The van der Waals surface area contributed by atoms with Crippen LogP contribution in [0.4, 0.5) is 0 Å². The summed E-state index contributed by atoms with van der Waals surface area (Å²) in [7, 11) is 2.99. The summed E-state index contributed by atoms with van der Waals surface area (Å²) in [4.78, 5) is 24.5. The molecule has 1 atom stereocenters. The molecule has 27 heavy (non-hydrogen) atoms. The highest BCUT2D eigenvalue weighted by atomic mass is 16.5. The molecule has 2 aromatic rings. The first-order valence-electron chi connectivity index (χ1n) is 8.81. The number of hydrogen-bond acceptors (Lipinski definition) is 5. The van der Waals surface area contributed by atoms with Crippen molar-refractivity contribution in [1.29, 1.82) is 0 Å². The zero-order chi connectivity index (χ0) is 19.6. The molecule has 1 amide bonds. The van der Waals surface area contributed by atoms with Crippen molar-refractivity contribution in [1.82, 2.24) is 5.32 Å². The summed E-state index contributed by atoms with van der Waals surface area (Å²) in [6.07, 6.45) is 1.72. The number of amides is 1. The van der Waals surface area contributed by atoms with E-state index in [0.717, 1.165) is 18.4 Å². The molecule has 144 valence electrons. The number of nitrogens with one attached hydrogen (secondary N) is 1. The molecule has 0 heterocycles. The molecule has 2 rings (SSSR count). The first-order valence-corrected chi connectivity index (χ1v) is 8.81. The van der Waals surface area contributed by atoms with Gasteiger partial charge in [-0.25, -0.2) is 4.79 Å². The predicted molar refractivity (Wildman–Crippen MR) is 102 cm³/mol. The minimum absolute atomic E-state index is 0.112. The van der Waals surface area contributed by atoms with Crippen molar-refractivity contribution >= 4 is 11.9 Å². The number of rotatable bonds is 9. The fourth-order valence-electron chi connectivity index (χ4n) is 2.67. The summed E-state index contributed by atoms with van der Waals surface area (Å²) < 4.78 is 15.4. The first kappa shape index (κ1) is 20.3. The van der Waals surface area contributed by atoms with E-state index in [1.165, 1.54) is 26.4 Å². The maximum Gasteiger partial charge on any atom is 0.338 e. The Morgan fingerprint density at radius 3 is 2.19 bits per heavy atom. The second-order valence-electron chi connectivity index (χ2n) is 6.00. The molecule has 6 heteroatoms. The van der Waals surface area contributed by atoms with Gasteiger partial charge in [-0.1, -0.05) is 43.7 Å². The average Bonchev–Trinajstić information content (AvgIpc) is 2.71. The first-order chi connectivity index (χ1) is 13.1. The molecule has 0 saturated heterocycles. The predicted octanol–water partition coefficient (Wildman–Crippen LogP) is 3.52. The number of benzene rings is 2. The fourth-order valence-corrected chi connectivity index (χ4v) is 2.67. The zero-order valence-electron chi connectivity index (χ0n) is 15.9. The van der Waals surface area contributed by atoms with E-state index >= 15 is 0 Å². The van der Waals surface area contributed by atoms with Crippen LogP contribution in [0.5, 0.6) is 11.5 Å².